The molecule has 0 fully saturated rings. The van der Waals surface area contributed by atoms with E-state index in [4.69, 9.17) is 14.9 Å². The van der Waals surface area contributed by atoms with Crippen molar-refractivity contribution in [3.8, 4) is 17.3 Å². The van der Waals surface area contributed by atoms with Gasteiger partial charge >= 0.3 is 0 Å². The molecule has 0 bridgehead atoms. The van der Waals surface area contributed by atoms with Gasteiger partial charge in [0.1, 0.15) is 17.4 Å². The lowest BCUT2D eigenvalue weighted by Gasteiger charge is -2.18. The van der Waals surface area contributed by atoms with Gasteiger partial charge in [-0.15, -0.1) is 5.10 Å². The van der Waals surface area contributed by atoms with Crippen LogP contribution >= 0.6 is 0 Å². The van der Waals surface area contributed by atoms with Crippen molar-refractivity contribution in [2.24, 2.45) is 11.7 Å². The van der Waals surface area contributed by atoms with E-state index in [1.165, 1.54) is 0 Å². The number of nitrogens with two attached hydrogens (primary N) is 1. The molecule has 0 saturated heterocycles. The smallest absolute Gasteiger partial charge is 0.232 e. The first kappa shape index (κ1) is 16.6. The number of rotatable bonds is 6. The molecule has 134 valence electrons. The molecule has 6 heteroatoms. The van der Waals surface area contributed by atoms with Gasteiger partial charge in [-0.05, 0) is 30.5 Å². The number of furan rings is 1. The van der Waals surface area contributed by atoms with Gasteiger partial charge < -0.3 is 14.9 Å². The van der Waals surface area contributed by atoms with Gasteiger partial charge in [0, 0.05) is 18.0 Å². The summed E-state index contributed by atoms with van der Waals surface area (Å²) in [4.78, 5) is 4.41. The van der Waals surface area contributed by atoms with E-state index in [9.17, 15) is 0 Å². The first-order valence-corrected chi connectivity index (χ1v) is 8.84. The molecular weight excluding hydrogens is 328 g/mol. The van der Waals surface area contributed by atoms with Crippen LogP contribution in [-0.2, 0) is 0 Å². The summed E-state index contributed by atoms with van der Waals surface area (Å²) in [6.07, 6.45) is 2.59. The highest BCUT2D eigenvalue weighted by atomic mass is 16.5. The lowest BCUT2D eigenvalue weighted by atomic mass is 10.1. The number of ether oxygens (including phenoxy) is 1. The Morgan fingerprint density at radius 3 is 2.81 bits per heavy atom. The summed E-state index contributed by atoms with van der Waals surface area (Å²) in [6.45, 7) is 4.76. The van der Waals surface area contributed by atoms with E-state index in [1.807, 2.05) is 42.5 Å². The molecule has 3 aromatic heterocycles. The molecule has 26 heavy (non-hydrogen) atoms. The zero-order valence-corrected chi connectivity index (χ0v) is 14.9. The molecule has 1 unspecified atom stereocenters. The first-order chi connectivity index (χ1) is 12.6. The Morgan fingerprint density at radius 2 is 2.04 bits per heavy atom. The summed E-state index contributed by atoms with van der Waals surface area (Å²) in [5, 5.41) is 5.64. The number of hydrogen-bond acceptors (Lipinski definition) is 5. The van der Waals surface area contributed by atoms with Crippen molar-refractivity contribution in [3.63, 3.8) is 0 Å². The highest BCUT2D eigenvalue weighted by Gasteiger charge is 2.15. The quantitative estimate of drug-likeness (QED) is 0.571. The second-order valence-electron chi connectivity index (χ2n) is 6.84. The summed E-state index contributed by atoms with van der Waals surface area (Å²) in [5.74, 6) is 1.76. The van der Waals surface area contributed by atoms with Crippen molar-refractivity contribution >= 4 is 16.6 Å². The molecule has 2 N–H and O–H groups in total. The van der Waals surface area contributed by atoms with E-state index >= 15 is 0 Å². The molecule has 0 aliphatic carbocycles. The van der Waals surface area contributed by atoms with E-state index in [-0.39, 0.29) is 6.10 Å². The predicted molar refractivity (Wildman–Crippen MR) is 101 cm³/mol. The second-order valence-corrected chi connectivity index (χ2v) is 6.84. The maximum atomic E-state index is 5.99. The minimum absolute atomic E-state index is 0.0573. The molecule has 0 saturated carbocycles. The number of imidazole rings is 1. The number of nitrogens with zero attached hydrogens (tertiary/aromatic N) is 3. The molecule has 3 heterocycles. The standard InChI is InChI=1S/C20H22N4O2/c1-13(2)9-15(11-21)25-20-8-7-19-22-12-16(24(19)23-20)18-10-14-5-3-4-6-17(14)26-18/h3-8,10,12-13,15H,9,11,21H2,1-2H3. The van der Waals surface area contributed by atoms with Crippen LogP contribution in [0.3, 0.4) is 0 Å². The van der Waals surface area contributed by atoms with Crippen LogP contribution in [0.4, 0.5) is 0 Å². The number of aromatic nitrogens is 3. The lowest BCUT2D eigenvalue weighted by Crippen LogP contribution is -2.28. The minimum atomic E-state index is -0.0573. The average molecular weight is 350 g/mol. The molecular formula is C20H22N4O2. The van der Waals surface area contributed by atoms with E-state index in [0.29, 0.717) is 18.3 Å². The number of hydrogen-bond donors (Lipinski definition) is 1. The Bertz CT molecular complexity index is 1000. The summed E-state index contributed by atoms with van der Waals surface area (Å²) in [5.41, 5.74) is 8.20. The van der Waals surface area contributed by atoms with E-state index in [1.54, 1.807) is 10.7 Å². The maximum Gasteiger partial charge on any atom is 0.232 e. The average Bonchev–Trinajstić information content (AvgIpc) is 3.23. The van der Waals surface area contributed by atoms with Crippen molar-refractivity contribution in [2.45, 2.75) is 26.4 Å². The fraction of sp³-hybridized carbons (Fsp3) is 0.300. The van der Waals surface area contributed by atoms with Gasteiger partial charge in [0.2, 0.25) is 5.88 Å². The van der Waals surface area contributed by atoms with Gasteiger partial charge in [0.15, 0.2) is 11.4 Å². The van der Waals surface area contributed by atoms with E-state index in [0.717, 1.165) is 34.5 Å². The van der Waals surface area contributed by atoms with E-state index in [2.05, 4.69) is 23.9 Å². The molecule has 0 aliphatic rings. The van der Waals surface area contributed by atoms with Crippen LogP contribution in [0.15, 0.2) is 53.1 Å². The van der Waals surface area contributed by atoms with Gasteiger partial charge in [-0.3, -0.25) is 0 Å². The zero-order chi connectivity index (χ0) is 18.1. The fourth-order valence-electron chi connectivity index (χ4n) is 3.08. The van der Waals surface area contributed by atoms with Gasteiger partial charge in [-0.25, -0.2) is 9.50 Å². The van der Waals surface area contributed by atoms with Gasteiger partial charge in [0.25, 0.3) is 0 Å². The number of para-hydroxylation sites is 1. The van der Waals surface area contributed by atoms with Crippen LogP contribution in [-0.4, -0.2) is 27.2 Å². The van der Waals surface area contributed by atoms with Crippen LogP contribution in [0, 0.1) is 5.92 Å². The Balaban J connectivity index is 1.70. The van der Waals surface area contributed by atoms with Crippen molar-refractivity contribution in [3.05, 3.63) is 48.7 Å². The van der Waals surface area contributed by atoms with Crippen LogP contribution in [0.5, 0.6) is 5.88 Å². The zero-order valence-electron chi connectivity index (χ0n) is 14.9. The number of benzene rings is 1. The largest absolute Gasteiger partial charge is 0.472 e. The lowest BCUT2D eigenvalue weighted by molar-refractivity contribution is 0.172. The highest BCUT2D eigenvalue weighted by Crippen LogP contribution is 2.28. The summed E-state index contributed by atoms with van der Waals surface area (Å²) in [6, 6.07) is 13.6. The normalized spacial score (nSPS) is 12.9. The van der Waals surface area contributed by atoms with Gasteiger partial charge in [-0.2, -0.15) is 0 Å². The van der Waals surface area contributed by atoms with Crippen LogP contribution in [0.25, 0.3) is 28.1 Å². The second kappa shape index (κ2) is 6.80. The molecule has 0 spiro atoms. The number of fused-ring (bicyclic) bond motifs is 2. The van der Waals surface area contributed by atoms with Gasteiger partial charge in [0.05, 0.1) is 6.20 Å². The fourth-order valence-corrected chi connectivity index (χ4v) is 3.08. The Morgan fingerprint density at radius 1 is 1.19 bits per heavy atom. The molecule has 1 atom stereocenters. The topological polar surface area (TPSA) is 78.6 Å². The van der Waals surface area contributed by atoms with Crippen molar-refractivity contribution in [1.29, 1.82) is 0 Å². The van der Waals surface area contributed by atoms with Gasteiger partial charge in [-0.1, -0.05) is 32.0 Å². The Labute approximate surface area is 151 Å². The van der Waals surface area contributed by atoms with Crippen LogP contribution in [0.1, 0.15) is 20.3 Å². The van der Waals surface area contributed by atoms with Crippen molar-refractivity contribution in [1.82, 2.24) is 14.6 Å². The molecule has 1 aromatic carbocycles. The molecule has 0 aliphatic heterocycles. The molecule has 0 radical (unpaired) electrons. The third-order valence-electron chi connectivity index (χ3n) is 4.30. The predicted octanol–water partition coefficient (Wildman–Crippen LogP) is 3.89. The van der Waals surface area contributed by atoms with Crippen LogP contribution in [0.2, 0.25) is 0 Å². The summed E-state index contributed by atoms with van der Waals surface area (Å²) < 4.78 is 13.7. The van der Waals surface area contributed by atoms with E-state index < -0.39 is 0 Å². The minimum Gasteiger partial charge on any atom is -0.472 e. The van der Waals surface area contributed by atoms with Crippen molar-refractivity contribution in [2.75, 3.05) is 6.54 Å². The molecule has 0 amide bonds. The summed E-state index contributed by atoms with van der Waals surface area (Å²) >= 11 is 0. The highest BCUT2D eigenvalue weighted by molar-refractivity contribution is 5.82. The molecule has 4 aromatic rings. The van der Waals surface area contributed by atoms with Crippen LogP contribution < -0.4 is 10.5 Å². The third-order valence-corrected chi connectivity index (χ3v) is 4.30. The first-order valence-electron chi connectivity index (χ1n) is 8.84. The maximum absolute atomic E-state index is 5.99. The van der Waals surface area contributed by atoms with Crippen molar-refractivity contribution < 1.29 is 9.15 Å². The molecule has 4 rings (SSSR count). The monoisotopic (exact) mass is 350 g/mol. The summed E-state index contributed by atoms with van der Waals surface area (Å²) in [7, 11) is 0. The third kappa shape index (κ3) is 3.15. The molecule has 6 nitrogen and oxygen atoms in total. The Hall–Kier alpha value is -2.86. The Kier molecular flexibility index (Phi) is 4.34. The SMILES string of the molecule is CC(C)CC(CN)Oc1ccc2ncc(-c3cc4ccccc4o3)n2n1.